The first-order chi connectivity index (χ1) is 12.3. The third-order valence-electron chi connectivity index (χ3n) is 4.16. The molecule has 6 heteroatoms. The van der Waals surface area contributed by atoms with Crippen LogP contribution < -0.4 is 4.72 Å². The van der Waals surface area contributed by atoms with E-state index in [0.29, 0.717) is 10.0 Å². The summed E-state index contributed by atoms with van der Waals surface area (Å²) in [5, 5.41) is 0.403. The minimum atomic E-state index is -3.69. The molecule has 0 spiro atoms. The van der Waals surface area contributed by atoms with E-state index >= 15 is 0 Å². The van der Waals surface area contributed by atoms with Crippen LogP contribution in [0.3, 0.4) is 0 Å². The Balaban J connectivity index is 2.00. The number of aryl methyl sites for hydroxylation is 4. The van der Waals surface area contributed by atoms with Gasteiger partial charge in [-0.15, -0.1) is 11.3 Å². The van der Waals surface area contributed by atoms with Gasteiger partial charge >= 0.3 is 0 Å². The van der Waals surface area contributed by atoms with E-state index in [1.165, 1.54) is 11.3 Å². The quantitative estimate of drug-likeness (QED) is 0.664. The molecule has 0 fully saturated rings. The van der Waals surface area contributed by atoms with Gasteiger partial charge in [0, 0.05) is 10.4 Å². The lowest BCUT2D eigenvalue weighted by Crippen LogP contribution is -2.15. The van der Waals surface area contributed by atoms with Crippen LogP contribution in [0.15, 0.2) is 47.4 Å². The van der Waals surface area contributed by atoms with Gasteiger partial charge < -0.3 is 0 Å². The summed E-state index contributed by atoms with van der Waals surface area (Å²) >= 11 is 1.39. The molecule has 0 unspecified atom stereocenters. The molecule has 3 aromatic rings. The molecule has 26 heavy (non-hydrogen) atoms. The monoisotopic (exact) mass is 386 g/mol. The fraction of sp³-hybridized carbons (Fsp3) is 0.250. The number of nitrogens with one attached hydrogen (secondary N) is 1. The first-order valence-electron chi connectivity index (χ1n) is 8.47. The molecule has 0 saturated carbocycles. The first-order valence-corrected chi connectivity index (χ1v) is 10.8. The van der Waals surface area contributed by atoms with Crippen molar-refractivity contribution in [3.63, 3.8) is 0 Å². The molecule has 1 heterocycles. The Hall–Kier alpha value is -2.18. The summed E-state index contributed by atoms with van der Waals surface area (Å²) in [4.78, 5) is 5.96. The Labute approximate surface area is 159 Å². The molecule has 0 bridgehead atoms. The third-order valence-corrected chi connectivity index (χ3v) is 7.05. The smallest absolute Gasteiger partial charge is 0.255 e. The van der Waals surface area contributed by atoms with E-state index in [1.807, 2.05) is 70.2 Å². The minimum absolute atomic E-state index is 0.331. The molecule has 0 aliphatic rings. The SMILES string of the molecule is CCc1sc(NS(=O)(=O)c2c(C)cc(C)cc2C)nc1-c1ccccc1. The molecule has 0 atom stereocenters. The van der Waals surface area contributed by atoms with Crippen LogP contribution in [0.2, 0.25) is 0 Å². The predicted molar refractivity (Wildman–Crippen MR) is 108 cm³/mol. The largest absolute Gasteiger partial charge is 0.264 e. The summed E-state index contributed by atoms with van der Waals surface area (Å²) in [6.45, 7) is 7.66. The van der Waals surface area contributed by atoms with E-state index in [1.54, 1.807) is 0 Å². The third kappa shape index (κ3) is 3.66. The van der Waals surface area contributed by atoms with E-state index in [0.717, 1.165) is 39.2 Å². The van der Waals surface area contributed by atoms with Gasteiger partial charge in [0.1, 0.15) is 0 Å². The fourth-order valence-electron chi connectivity index (χ4n) is 3.21. The number of aromatic nitrogens is 1. The van der Waals surface area contributed by atoms with Crippen LogP contribution >= 0.6 is 11.3 Å². The summed E-state index contributed by atoms with van der Waals surface area (Å²) in [5.41, 5.74) is 4.37. The highest BCUT2D eigenvalue weighted by atomic mass is 32.2. The van der Waals surface area contributed by atoms with Gasteiger partial charge in [0.15, 0.2) is 5.13 Å². The van der Waals surface area contributed by atoms with E-state index in [-0.39, 0.29) is 0 Å². The molecule has 3 rings (SSSR count). The van der Waals surface area contributed by atoms with E-state index in [9.17, 15) is 8.42 Å². The van der Waals surface area contributed by atoms with Crippen molar-refractivity contribution in [3.8, 4) is 11.3 Å². The van der Waals surface area contributed by atoms with Gasteiger partial charge in [-0.2, -0.15) is 0 Å². The number of nitrogens with zero attached hydrogens (tertiary/aromatic N) is 1. The van der Waals surface area contributed by atoms with Crippen molar-refractivity contribution in [2.45, 2.75) is 39.0 Å². The van der Waals surface area contributed by atoms with Crippen LogP contribution in [0.5, 0.6) is 0 Å². The van der Waals surface area contributed by atoms with Crippen LogP contribution in [-0.2, 0) is 16.4 Å². The van der Waals surface area contributed by atoms with Crippen LogP contribution in [0.25, 0.3) is 11.3 Å². The van der Waals surface area contributed by atoms with Crippen LogP contribution in [0.4, 0.5) is 5.13 Å². The summed E-state index contributed by atoms with van der Waals surface area (Å²) in [6, 6.07) is 13.6. The standard InChI is InChI=1S/C20H22N2O2S2/c1-5-17-18(16-9-7-6-8-10-16)21-20(25-17)22-26(23,24)19-14(3)11-13(2)12-15(19)4/h6-12H,5H2,1-4H3,(H,21,22). The zero-order valence-electron chi connectivity index (χ0n) is 15.3. The maximum Gasteiger partial charge on any atom is 0.264 e. The van der Waals surface area contributed by atoms with Crippen molar-refractivity contribution in [1.29, 1.82) is 0 Å². The summed E-state index contributed by atoms with van der Waals surface area (Å²) < 4.78 is 28.6. The first kappa shape index (κ1) is 18.6. The molecule has 2 aromatic carbocycles. The van der Waals surface area contributed by atoms with Crippen molar-refractivity contribution in [1.82, 2.24) is 4.98 Å². The Morgan fingerprint density at radius 3 is 2.23 bits per heavy atom. The number of sulfonamides is 1. The Morgan fingerprint density at radius 2 is 1.65 bits per heavy atom. The maximum atomic E-state index is 13.0. The van der Waals surface area contributed by atoms with E-state index < -0.39 is 10.0 Å². The average molecular weight is 387 g/mol. The molecular weight excluding hydrogens is 364 g/mol. The molecule has 0 amide bonds. The molecule has 0 radical (unpaired) electrons. The van der Waals surface area contributed by atoms with Crippen molar-refractivity contribution < 1.29 is 8.42 Å². The lowest BCUT2D eigenvalue weighted by atomic mass is 10.1. The van der Waals surface area contributed by atoms with E-state index in [4.69, 9.17) is 0 Å². The van der Waals surface area contributed by atoms with Gasteiger partial charge in [-0.1, -0.05) is 55.0 Å². The molecular formula is C20H22N2O2S2. The number of hydrogen-bond acceptors (Lipinski definition) is 4. The van der Waals surface area contributed by atoms with Crippen molar-refractivity contribution in [2.24, 2.45) is 0 Å². The number of hydrogen-bond donors (Lipinski definition) is 1. The van der Waals surface area contributed by atoms with Crippen molar-refractivity contribution >= 4 is 26.5 Å². The topological polar surface area (TPSA) is 59.1 Å². The Bertz CT molecular complexity index is 1020. The van der Waals surface area contributed by atoms with Crippen LogP contribution in [-0.4, -0.2) is 13.4 Å². The Morgan fingerprint density at radius 1 is 1.04 bits per heavy atom. The number of benzene rings is 2. The normalized spacial score (nSPS) is 11.5. The average Bonchev–Trinajstić information content (AvgIpc) is 2.96. The van der Waals surface area contributed by atoms with Crippen LogP contribution in [0, 0.1) is 20.8 Å². The van der Waals surface area contributed by atoms with Gasteiger partial charge in [0.25, 0.3) is 10.0 Å². The molecule has 0 aliphatic carbocycles. The highest BCUT2D eigenvalue weighted by Crippen LogP contribution is 2.33. The number of thiazole rings is 1. The molecule has 1 N–H and O–H groups in total. The second-order valence-electron chi connectivity index (χ2n) is 6.34. The van der Waals surface area contributed by atoms with Crippen molar-refractivity contribution in [3.05, 3.63) is 64.0 Å². The Kier molecular flexibility index (Phi) is 5.16. The highest BCUT2D eigenvalue weighted by Gasteiger charge is 2.22. The van der Waals surface area contributed by atoms with Gasteiger partial charge in [-0.3, -0.25) is 4.72 Å². The highest BCUT2D eigenvalue weighted by molar-refractivity contribution is 7.93. The summed E-state index contributed by atoms with van der Waals surface area (Å²) in [5.74, 6) is 0. The zero-order chi connectivity index (χ0) is 18.9. The molecule has 0 saturated heterocycles. The maximum absolute atomic E-state index is 13.0. The molecule has 0 aliphatic heterocycles. The minimum Gasteiger partial charge on any atom is -0.255 e. The fourth-order valence-corrected chi connectivity index (χ4v) is 5.83. The van der Waals surface area contributed by atoms with Gasteiger partial charge in [0.2, 0.25) is 0 Å². The van der Waals surface area contributed by atoms with E-state index in [2.05, 4.69) is 9.71 Å². The number of anilines is 1. The second kappa shape index (κ2) is 7.21. The number of rotatable bonds is 5. The predicted octanol–water partition coefficient (Wildman–Crippen LogP) is 5.10. The summed E-state index contributed by atoms with van der Waals surface area (Å²) in [7, 11) is -3.69. The van der Waals surface area contributed by atoms with Gasteiger partial charge in [-0.05, 0) is 38.3 Å². The van der Waals surface area contributed by atoms with Crippen molar-refractivity contribution in [2.75, 3.05) is 4.72 Å². The lowest BCUT2D eigenvalue weighted by Gasteiger charge is -2.12. The molecule has 136 valence electrons. The van der Waals surface area contributed by atoms with Gasteiger partial charge in [-0.25, -0.2) is 13.4 Å². The second-order valence-corrected chi connectivity index (χ2v) is 9.05. The van der Waals surface area contributed by atoms with Crippen LogP contribution in [0.1, 0.15) is 28.5 Å². The zero-order valence-corrected chi connectivity index (χ0v) is 17.0. The molecule has 1 aromatic heterocycles. The van der Waals surface area contributed by atoms with Gasteiger partial charge in [0.05, 0.1) is 10.6 Å². The lowest BCUT2D eigenvalue weighted by molar-refractivity contribution is 0.600. The molecule has 4 nitrogen and oxygen atoms in total. The summed E-state index contributed by atoms with van der Waals surface area (Å²) in [6.07, 6.45) is 0.798.